The summed E-state index contributed by atoms with van der Waals surface area (Å²) in [5.41, 5.74) is 0.123. The Morgan fingerprint density at radius 3 is 2.88 bits per heavy atom. The van der Waals surface area contributed by atoms with Crippen molar-refractivity contribution in [1.29, 1.82) is 0 Å². The van der Waals surface area contributed by atoms with E-state index in [-0.39, 0.29) is 11.5 Å². The van der Waals surface area contributed by atoms with Gasteiger partial charge < -0.3 is 9.88 Å². The molecule has 2 aromatic heterocycles. The van der Waals surface area contributed by atoms with Crippen LogP contribution in [0.4, 0.5) is 19.0 Å². The third kappa shape index (κ3) is 4.36. The molecule has 10 heteroatoms. The number of aromatic amines is 1. The van der Waals surface area contributed by atoms with Gasteiger partial charge in [0.25, 0.3) is 0 Å². The lowest BCUT2D eigenvalue weighted by Gasteiger charge is -2.33. The molecule has 0 radical (unpaired) electrons. The average Bonchev–Trinajstić information content (AvgIpc) is 3.05. The number of hydrogen-bond acceptors (Lipinski definition) is 5. The molecular formula is C15H18F3N5OS. The van der Waals surface area contributed by atoms with Crippen LogP contribution in [-0.2, 0) is 17.0 Å². The van der Waals surface area contributed by atoms with Crippen LogP contribution in [0, 0.1) is 5.92 Å². The lowest BCUT2D eigenvalue weighted by atomic mass is 10.0. The summed E-state index contributed by atoms with van der Waals surface area (Å²) < 4.78 is 49.4. The minimum Gasteiger partial charge on any atom is -0.356 e. The number of alkyl halides is 3. The Morgan fingerprint density at radius 1 is 1.40 bits per heavy atom. The van der Waals surface area contributed by atoms with E-state index in [0.29, 0.717) is 17.5 Å². The van der Waals surface area contributed by atoms with Crippen molar-refractivity contribution in [3.05, 3.63) is 24.3 Å². The predicted molar refractivity (Wildman–Crippen MR) is 88.5 cm³/mol. The van der Waals surface area contributed by atoms with Crippen LogP contribution in [0.15, 0.2) is 18.5 Å². The number of nitrogens with zero attached hydrogens (tertiary/aromatic N) is 4. The first-order chi connectivity index (χ1) is 11.8. The number of imidazole rings is 1. The third-order valence-electron chi connectivity index (χ3n) is 4.04. The molecule has 2 aromatic rings. The van der Waals surface area contributed by atoms with Crippen LogP contribution in [0.25, 0.3) is 11.5 Å². The monoisotopic (exact) mass is 373 g/mol. The lowest BCUT2D eigenvalue weighted by Crippen LogP contribution is -2.38. The molecular weight excluding hydrogens is 355 g/mol. The Labute approximate surface area is 145 Å². The molecule has 1 fully saturated rings. The van der Waals surface area contributed by atoms with Crippen molar-refractivity contribution >= 4 is 16.6 Å². The third-order valence-corrected chi connectivity index (χ3v) is 4.98. The summed E-state index contributed by atoms with van der Waals surface area (Å²) >= 11 is 0. The van der Waals surface area contributed by atoms with Crippen molar-refractivity contribution in [3.8, 4) is 11.5 Å². The second-order valence-electron chi connectivity index (χ2n) is 6.08. The van der Waals surface area contributed by atoms with Crippen LogP contribution in [0.3, 0.4) is 0 Å². The molecule has 3 rings (SSSR count). The zero-order valence-electron chi connectivity index (χ0n) is 13.6. The number of hydrogen-bond donors (Lipinski definition) is 1. The van der Waals surface area contributed by atoms with E-state index in [1.165, 1.54) is 6.20 Å². The van der Waals surface area contributed by atoms with E-state index in [4.69, 9.17) is 0 Å². The molecule has 1 saturated heterocycles. The van der Waals surface area contributed by atoms with E-state index < -0.39 is 22.8 Å². The molecule has 0 saturated carbocycles. The maximum atomic E-state index is 12.7. The summed E-state index contributed by atoms with van der Waals surface area (Å²) in [5, 5.41) is 0. The topological polar surface area (TPSA) is 74.8 Å². The Morgan fingerprint density at radius 2 is 2.20 bits per heavy atom. The molecule has 1 aliphatic heterocycles. The molecule has 136 valence electrons. The number of rotatable bonds is 4. The molecule has 0 bridgehead atoms. The van der Waals surface area contributed by atoms with Crippen molar-refractivity contribution in [2.75, 3.05) is 30.0 Å². The van der Waals surface area contributed by atoms with Crippen LogP contribution in [-0.4, -0.2) is 49.2 Å². The maximum Gasteiger partial charge on any atom is 0.449 e. The molecule has 6 nitrogen and oxygen atoms in total. The summed E-state index contributed by atoms with van der Waals surface area (Å²) in [6.07, 6.45) is 1.74. The van der Waals surface area contributed by atoms with Crippen molar-refractivity contribution in [3.63, 3.8) is 0 Å². The van der Waals surface area contributed by atoms with Gasteiger partial charge in [0.2, 0.25) is 5.82 Å². The van der Waals surface area contributed by atoms with E-state index in [0.717, 1.165) is 32.1 Å². The van der Waals surface area contributed by atoms with Gasteiger partial charge in [-0.2, -0.15) is 13.2 Å². The highest BCUT2D eigenvalue weighted by atomic mass is 32.2. The van der Waals surface area contributed by atoms with Gasteiger partial charge in [0.05, 0.1) is 6.20 Å². The average molecular weight is 373 g/mol. The highest BCUT2D eigenvalue weighted by Crippen LogP contribution is 2.28. The molecule has 1 N–H and O–H groups in total. The first-order valence-electron chi connectivity index (χ1n) is 7.83. The van der Waals surface area contributed by atoms with Crippen molar-refractivity contribution in [2.45, 2.75) is 19.0 Å². The van der Waals surface area contributed by atoms with Crippen LogP contribution in [0.5, 0.6) is 0 Å². The highest BCUT2D eigenvalue weighted by molar-refractivity contribution is 7.84. The Bertz CT molecular complexity index is 764. The van der Waals surface area contributed by atoms with Gasteiger partial charge >= 0.3 is 6.18 Å². The summed E-state index contributed by atoms with van der Waals surface area (Å²) in [4.78, 5) is 16.0. The predicted octanol–water partition coefficient (Wildman–Crippen LogP) is 2.48. The number of H-pyrrole nitrogens is 1. The number of aromatic nitrogens is 4. The van der Waals surface area contributed by atoms with Crippen LogP contribution >= 0.6 is 0 Å². The smallest absolute Gasteiger partial charge is 0.356 e. The Kier molecular flexibility index (Phi) is 5.07. The Balaban J connectivity index is 1.79. The highest BCUT2D eigenvalue weighted by Gasteiger charge is 2.34. The molecule has 2 unspecified atom stereocenters. The van der Waals surface area contributed by atoms with Gasteiger partial charge in [-0.05, 0) is 24.8 Å². The minimum atomic E-state index is -4.54. The van der Waals surface area contributed by atoms with Gasteiger partial charge in [0.1, 0.15) is 11.5 Å². The van der Waals surface area contributed by atoms with Crippen molar-refractivity contribution in [2.24, 2.45) is 5.92 Å². The first kappa shape index (κ1) is 17.8. The molecule has 2 atom stereocenters. The molecule has 0 amide bonds. The summed E-state index contributed by atoms with van der Waals surface area (Å²) in [6, 6.07) is 1.73. The van der Waals surface area contributed by atoms with Crippen LogP contribution < -0.4 is 4.90 Å². The van der Waals surface area contributed by atoms with Gasteiger partial charge in [-0.25, -0.2) is 15.0 Å². The van der Waals surface area contributed by atoms with Gasteiger partial charge in [-0.3, -0.25) is 4.21 Å². The molecule has 3 heterocycles. The standard InChI is InChI=1S/C15H18F3N5OS/c1-25(24)9-10-3-2-6-23(8-10)12-4-5-19-13(22-12)11-7-20-14(21-11)15(16,17)18/h4-5,7,10H,2-3,6,8-9H2,1H3,(H,20,21). The number of nitrogens with one attached hydrogen (secondary N) is 1. The van der Waals surface area contributed by atoms with E-state index in [1.807, 2.05) is 0 Å². The molecule has 0 spiro atoms. The number of halogens is 3. The minimum absolute atomic E-state index is 0.123. The largest absolute Gasteiger partial charge is 0.449 e. The fourth-order valence-corrected chi connectivity index (χ4v) is 3.91. The van der Waals surface area contributed by atoms with Gasteiger partial charge in [0, 0.05) is 42.1 Å². The van der Waals surface area contributed by atoms with E-state index >= 15 is 0 Å². The summed E-state index contributed by atoms with van der Waals surface area (Å²) in [5.74, 6) is 0.715. The Hall–Kier alpha value is -1.97. The van der Waals surface area contributed by atoms with Crippen LogP contribution in [0.2, 0.25) is 0 Å². The van der Waals surface area contributed by atoms with E-state index in [1.54, 1.807) is 12.3 Å². The van der Waals surface area contributed by atoms with E-state index in [9.17, 15) is 17.4 Å². The quantitative estimate of drug-likeness (QED) is 0.891. The van der Waals surface area contributed by atoms with Gasteiger partial charge in [-0.1, -0.05) is 0 Å². The molecule has 25 heavy (non-hydrogen) atoms. The second kappa shape index (κ2) is 7.11. The van der Waals surface area contributed by atoms with Crippen LogP contribution in [0.1, 0.15) is 18.7 Å². The lowest BCUT2D eigenvalue weighted by molar-refractivity contribution is -0.144. The fourth-order valence-electron chi connectivity index (χ4n) is 2.98. The number of anilines is 1. The fraction of sp³-hybridized carbons (Fsp3) is 0.533. The van der Waals surface area contributed by atoms with Gasteiger partial charge in [-0.15, -0.1) is 0 Å². The molecule has 0 aromatic carbocycles. The zero-order valence-corrected chi connectivity index (χ0v) is 14.4. The second-order valence-corrected chi connectivity index (χ2v) is 7.56. The summed E-state index contributed by atoms with van der Waals surface area (Å²) in [7, 11) is -0.854. The zero-order chi connectivity index (χ0) is 18.0. The van der Waals surface area contributed by atoms with Crippen molar-refractivity contribution in [1.82, 2.24) is 19.9 Å². The SMILES string of the molecule is CS(=O)CC1CCCN(c2ccnc(-c3cnc(C(F)(F)F)[nH]3)n2)C1. The normalized spacial score (nSPS) is 19.8. The molecule has 1 aliphatic rings. The van der Waals surface area contributed by atoms with E-state index in [2.05, 4.69) is 24.8 Å². The number of piperidine rings is 1. The maximum absolute atomic E-state index is 12.7. The molecule has 0 aliphatic carbocycles. The van der Waals surface area contributed by atoms with Gasteiger partial charge in [0.15, 0.2) is 5.82 Å². The first-order valence-corrected chi connectivity index (χ1v) is 9.56. The summed E-state index contributed by atoms with van der Waals surface area (Å²) in [6.45, 7) is 1.53. The van der Waals surface area contributed by atoms with Crippen molar-refractivity contribution < 1.29 is 17.4 Å².